The summed E-state index contributed by atoms with van der Waals surface area (Å²) in [5, 5.41) is 0.986. The zero-order chi connectivity index (χ0) is 10.6. The lowest BCUT2D eigenvalue weighted by atomic mass is 10.1. The molecule has 0 aliphatic heterocycles. The number of thioether (sulfide) groups is 1. The van der Waals surface area contributed by atoms with Gasteiger partial charge in [-0.05, 0) is 24.5 Å². The van der Waals surface area contributed by atoms with Gasteiger partial charge in [0.2, 0.25) is 0 Å². The maximum atomic E-state index is 11.6. The molecular weight excluding hydrogens is 239 g/mol. The lowest BCUT2D eigenvalue weighted by Crippen LogP contribution is -2.01. The zero-order valence-corrected chi connectivity index (χ0v) is 10.0. The van der Waals surface area contributed by atoms with Crippen LogP contribution in [0.4, 0.5) is 0 Å². The molecule has 0 radical (unpaired) electrons. The number of carbonyl (C=O) groups is 1. The van der Waals surface area contributed by atoms with Gasteiger partial charge in [0.25, 0.3) is 0 Å². The van der Waals surface area contributed by atoms with Crippen molar-refractivity contribution in [1.29, 1.82) is 0 Å². The van der Waals surface area contributed by atoms with Crippen LogP contribution in [0.3, 0.4) is 0 Å². The number of rotatable bonds is 4. The van der Waals surface area contributed by atoms with Crippen LogP contribution in [0.25, 0.3) is 0 Å². The van der Waals surface area contributed by atoms with E-state index in [1.807, 2.05) is 6.26 Å². The molecule has 1 rings (SSSR count). The quantitative estimate of drug-likeness (QED) is 0.752. The first-order valence-corrected chi connectivity index (χ1v) is 6.27. The van der Waals surface area contributed by atoms with Gasteiger partial charge in [-0.3, -0.25) is 4.79 Å². The molecule has 0 heterocycles. The molecule has 0 bridgehead atoms. The van der Waals surface area contributed by atoms with Crippen LogP contribution in [0.15, 0.2) is 18.2 Å². The van der Waals surface area contributed by atoms with Crippen molar-refractivity contribution in [3.05, 3.63) is 33.8 Å². The third-order valence-electron chi connectivity index (χ3n) is 1.76. The van der Waals surface area contributed by atoms with Crippen LogP contribution in [-0.4, -0.2) is 17.8 Å². The summed E-state index contributed by atoms with van der Waals surface area (Å²) in [5.74, 6) is 0.888. The Morgan fingerprint density at radius 2 is 2.14 bits per heavy atom. The third kappa shape index (κ3) is 3.19. The Morgan fingerprint density at radius 1 is 1.43 bits per heavy atom. The summed E-state index contributed by atoms with van der Waals surface area (Å²) in [6.45, 7) is 0. The van der Waals surface area contributed by atoms with Gasteiger partial charge in [0, 0.05) is 22.8 Å². The van der Waals surface area contributed by atoms with Crippen LogP contribution >= 0.6 is 35.0 Å². The predicted octanol–water partition coefficient (Wildman–Crippen LogP) is 3.93. The number of benzene rings is 1. The molecule has 0 aromatic heterocycles. The van der Waals surface area contributed by atoms with Gasteiger partial charge in [-0.1, -0.05) is 23.2 Å². The minimum atomic E-state index is 0.0704. The molecule has 1 aromatic carbocycles. The number of hydrogen-bond acceptors (Lipinski definition) is 2. The highest BCUT2D eigenvalue weighted by atomic mass is 35.5. The van der Waals surface area contributed by atoms with E-state index in [9.17, 15) is 4.79 Å². The van der Waals surface area contributed by atoms with E-state index in [1.165, 1.54) is 0 Å². The number of ketones is 1. The zero-order valence-electron chi connectivity index (χ0n) is 7.72. The van der Waals surface area contributed by atoms with E-state index >= 15 is 0 Å². The summed E-state index contributed by atoms with van der Waals surface area (Å²) in [5.41, 5.74) is 0.560. The van der Waals surface area contributed by atoms with Crippen LogP contribution < -0.4 is 0 Å². The Balaban J connectivity index is 2.80. The third-order valence-corrected chi connectivity index (χ3v) is 2.92. The number of halogens is 2. The molecule has 0 fully saturated rings. The SMILES string of the molecule is CSCCC(=O)c1ccc(Cl)cc1Cl. The summed E-state index contributed by atoms with van der Waals surface area (Å²) >= 11 is 13.3. The van der Waals surface area contributed by atoms with E-state index in [1.54, 1.807) is 30.0 Å². The molecule has 0 amide bonds. The minimum absolute atomic E-state index is 0.0704. The Kier molecular flexibility index (Phi) is 4.79. The van der Waals surface area contributed by atoms with Crippen molar-refractivity contribution in [2.24, 2.45) is 0 Å². The second-order valence-corrected chi connectivity index (χ2v) is 4.62. The molecule has 0 saturated carbocycles. The number of Topliss-reactive ketones (excluding diaryl/α,β-unsaturated/α-hetero) is 1. The Hall–Kier alpha value is -0.180. The van der Waals surface area contributed by atoms with Crippen molar-refractivity contribution in [3.63, 3.8) is 0 Å². The van der Waals surface area contributed by atoms with E-state index in [0.717, 1.165) is 5.75 Å². The molecule has 1 nitrogen and oxygen atoms in total. The normalized spacial score (nSPS) is 10.2. The van der Waals surface area contributed by atoms with Gasteiger partial charge >= 0.3 is 0 Å². The molecule has 0 N–H and O–H groups in total. The maximum absolute atomic E-state index is 11.6. The lowest BCUT2D eigenvalue weighted by molar-refractivity contribution is 0.0989. The Morgan fingerprint density at radius 3 is 2.71 bits per heavy atom. The van der Waals surface area contributed by atoms with Crippen LogP contribution in [0.5, 0.6) is 0 Å². The number of hydrogen-bond donors (Lipinski definition) is 0. The highest BCUT2D eigenvalue weighted by Gasteiger charge is 2.09. The van der Waals surface area contributed by atoms with E-state index in [0.29, 0.717) is 22.0 Å². The second-order valence-electron chi connectivity index (χ2n) is 2.79. The van der Waals surface area contributed by atoms with E-state index in [2.05, 4.69) is 0 Å². The molecule has 0 saturated heterocycles. The van der Waals surface area contributed by atoms with Crippen molar-refractivity contribution in [3.8, 4) is 0 Å². The smallest absolute Gasteiger partial charge is 0.165 e. The van der Waals surface area contributed by atoms with Crippen LogP contribution in [0.2, 0.25) is 10.0 Å². The monoisotopic (exact) mass is 248 g/mol. The maximum Gasteiger partial charge on any atom is 0.165 e. The Labute approximate surface area is 97.8 Å². The second kappa shape index (κ2) is 5.64. The van der Waals surface area contributed by atoms with E-state index < -0.39 is 0 Å². The summed E-state index contributed by atoms with van der Waals surface area (Å²) in [7, 11) is 0. The molecule has 0 aliphatic carbocycles. The fraction of sp³-hybridized carbons (Fsp3) is 0.300. The summed E-state index contributed by atoms with van der Waals surface area (Å²) in [6.07, 6.45) is 2.49. The first-order chi connectivity index (χ1) is 6.65. The van der Waals surface area contributed by atoms with Crippen molar-refractivity contribution in [2.75, 3.05) is 12.0 Å². The van der Waals surface area contributed by atoms with Gasteiger partial charge in [0.15, 0.2) is 5.78 Å². The van der Waals surface area contributed by atoms with Crippen molar-refractivity contribution in [2.45, 2.75) is 6.42 Å². The van der Waals surface area contributed by atoms with Gasteiger partial charge in [0.1, 0.15) is 0 Å². The molecule has 0 spiro atoms. The average Bonchev–Trinajstić information content (AvgIpc) is 2.14. The molecule has 0 atom stereocenters. The minimum Gasteiger partial charge on any atom is -0.294 e. The van der Waals surface area contributed by atoms with Gasteiger partial charge in [-0.2, -0.15) is 11.8 Å². The van der Waals surface area contributed by atoms with Crippen LogP contribution in [-0.2, 0) is 0 Å². The largest absolute Gasteiger partial charge is 0.294 e. The molecular formula is C10H10Cl2OS. The summed E-state index contributed by atoms with van der Waals surface area (Å²) < 4.78 is 0. The standard InChI is InChI=1S/C10H10Cl2OS/c1-14-5-4-10(13)8-3-2-7(11)6-9(8)12/h2-3,6H,4-5H2,1H3. The van der Waals surface area contributed by atoms with Crippen molar-refractivity contribution in [1.82, 2.24) is 0 Å². The first-order valence-electron chi connectivity index (χ1n) is 4.12. The van der Waals surface area contributed by atoms with Crippen LogP contribution in [0, 0.1) is 0 Å². The molecule has 76 valence electrons. The fourth-order valence-electron chi connectivity index (χ4n) is 1.05. The summed E-state index contributed by atoms with van der Waals surface area (Å²) in [4.78, 5) is 11.6. The van der Waals surface area contributed by atoms with Crippen molar-refractivity contribution < 1.29 is 4.79 Å². The highest BCUT2D eigenvalue weighted by molar-refractivity contribution is 7.98. The lowest BCUT2D eigenvalue weighted by Gasteiger charge is -2.02. The molecule has 0 aliphatic rings. The first kappa shape index (κ1) is 11.9. The van der Waals surface area contributed by atoms with Crippen LogP contribution in [0.1, 0.15) is 16.8 Å². The van der Waals surface area contributed by atoms with Gasteiger partial charge in [-0.15, -0.1) is 0 Å². The average molecular weight is 249 g/mol. The van der Waals surface area contributed by atoms with Gasteiger partial charge in [0.05, 0.1) is 5.02 Å². The molecule has 14 heavy (non-hydrogen) atoms. The highest BCUT2D eigenvalue weighted by Crippen LogP contribution is 2.22. The van der Waals surface area contributed by atoms with E-state index in [4.69, 9.17) is 23.2 Å². The predicted molar refractivity (Wildman–Crippen MR) is 63.8 cm³/mol. The molecule has 1 aromatic rings. The van der Waals surface area contributed by atoms with E-state index in [-0.39, 0.29) is 5.78 Å². The molecule has 0 unspecified atom stereocenters. The number of carbonyl (C=O) groups excluding carboxylic acids is 1. The van der Waals surface area contributed by atoms with Crippen molar-refractivity contribution >= 4 is 40.7 Å². The van der Waals surface area contributed by atoms with Gasteiger partial charge in [-0.25, -0.2) is 0 Å². The van der Waals surface area contributed by atoms with Gasteiger partial charge < -0.3 is 0 Å². The Bertz CT molecular complexity index is 339. The molecule has 4 heteroatoms. The topological polar surface area (TPSA) is 17.1 Å². The summed E-state index contributed by atoms with van der Waals surface area (Å²) in [6, 6.07) is 4.95. The fourth-order valence-corrected chi connectivity index (χ4v) is 1.95.